The molecule has 0 aromatic carbocycles. The first-order valence-electron chi connectivity index (χ1n) is 9.35. The zero-order valence-electron chi connectivity index (χ0n) is 15.3. The number of thiol groups is 1. The van der Waals surface area contributed by atoms with Crippen molar-refractivity contribution in [2.24, 2.45) is 5.92 Å². The average Bonchev–Trinajstić information content (AvgIpc) is 3.28. The smallest absolute Gasteiger partial charge is 0.0955 e. The molecule has 0 N–H and O–H groups in total. The van der Waals surface area contributed by atoms with Crippen LogP contribution in [-0.4, -0.2) is 22.3 Å². The van der Waals surface area contributed by atoms with Crippen LogP contribution >= 0.6 is 26.8 Å². The summed E-state index contributed by atoms with van der Waals surface area (Å²) in [5.41, 5.74) is 0. The molecule has 3 unspecified atom stereocenters. The molecule has 1 aromatic rings. The molecular formula is C20H30BrN2OS. The molecule has 1 aromatic heterocycles. The van der Waals surface area contributed by atoms with E-state index in [1.54, 1.807) is 0 Å². The topological polar surface area (TPSA) is 27.1 Å². The second kappa shape index (κ2) is 9.43. The van der Waals surface area contributed by atoms with Crippen molar-refractivity contribution in [3.63, 3.8) is 0 Å². The van der Waals surface area contributed by atoms with Crippen LogP contribution in [0.4, 0.5) is 0 Å². The van der Waals surface area contributed by atoms with Crippen molar-refractivity contribution in [3.8, 4) is 0 Å². The van der Waals surface area contributed by atoms with Crippen molar-refractivity contribution in [2.75, 3.05) is 6.61 Å². The summed E-state index contributed by atoms with van der Waals surface area (Å²) in [7, 11) is -0.367. The van der Waals surface area contributed by atoms with Crippen molar-refractivity contribution < 1.29 is 4.74 Å². The minimum atomic E-state index is -0.367. The van der Waals surface area contributed by atoms with E-state index < -0.39 is 0 Å². The minimum Gasteiger partial charge on any atom is -0.377 e. The third-order valence-corrected chi connectivity index (χ3v) is 8.87. The second-order valence-corrected chi connectivity index (χ2v) is 11.1. The monoisotopic (exact) mass is 425 g/mol. The van der Waals surface area contributed by atoms with Crippen molar-refractivity contribution in [3.05, 3.63) is 46.0 Å². The van der Waals surface area contributed by atoms with Crippen molar-refractivity contribution in [1.29, 1.82) is 0 Å². The third kappa shape index (κ3) is 5.24. The van der Waals surface area contributed by atoms with Crippen LogP contribution in [0.5, 0.6) is 0 Å². The number of halogens is 1. The van der Waals surface area contributed by atoms with E-state index in [0.29, 0.717) is 17.4 Å². The SMILES string of the molecule is C[C](C)COC(CC(n1ccnc1)[SH]1C=CC=C1Br)C1CCCCC1. The lowest BCUT2D eigenvalue weighted by Gasteiger charge is -2.36. The molecule has 0 bridgehead atoms. The fraction of sp³-hybridized carbons (Fsp3) is 0.600. The summed E-state index contributed by atoms with van der Waals surface area (Å²) in [6, 6.07) is 0. The van der Waals surface area contributed by atoms with Crippen molar-refractivity contribution in [1.82, 2.24) is 9.55 Å². The number of hydrogen-bond donors (Lipinski definition) is 1. The Labute approximate surface area is 163 Å². The Hall–Kier alpha value is -0.520. The van der Waals surface area contributed by atoms with Gasteiger partial charge in [-0.3, -0.25) is 0 Å². The Kier molecular flexibility index (Phi) is 7.26. The van der Waals surface area contributed by atoms with Gasteiger partial charge in [-0.25, -0.2) is 4.98 Å². The first kappa shape index (κ1) is 19.2. The van der Waals surface area contributed by atoms with Crippen LogP contribution in [-0.2, 0) is 4.74 Å². The Bertz CT molecular complexity index is 579. The first-order valence-corrected chi connectivity index (χ1v) is 11.6. The Balaban J connectivity index is 1.77. The zero-order chi connectivity index (χ0) is 17.6. The highest BCUT2D eigenvalue weighted by atomic mass is 79.9. The van der Waals surface area contributed by atoms with Crippen LogP contribution in [0.2, 0.25) is 0 Å². The minimum absolute atomic E-state index is 0.333. The van der Waals surface area contributed by atoms with E-state index in [9.17, 15) is 0 Å². The quantitative estimate of drug-likeness (QED) is 0.508. The number of imidazole rings is 1. The highest BCUT2D eigenvalue weighted by Gasteiger charge is 2.31. The normalized spacial score (nSPS) is 25.3. The summed E-state index contributed by atoms with van der Waals surface area (Å²) in [4.78, 5) is 4.30. The predicted molar refractivity (Wildman–Crippen MR) is 112 cm³/mol. The molecule has 1 aliphatic carbocycles. The average molecular weight is 426 g/mol. The maximum atomic E-state index is 6.45. The lowest BCUT2D eigenvalue weighted by molar-refractivity contribution is -0.00203. The van der Waals surface area contributed by atoms with Gasteiger partial charge in [0.1, 0.15) is 0 Å². The number of aromatic nitrogens is 2. The Morgan fingerprint density at radius 1 is 1.36 bits per heavy atom. The van der Waals surface area contributed by atoms with Crippen LogP contribution in [0.15, 0.2) is 40.1 Å². The van der Waals surface area contributed by atoms with Gasteiger partial charge in [0.15, 0.2) is 0 Å². The van der Waals surface area contributed by atoms with Crippen molar-refractivity contribution >= 4 is 26.8 Å². The molecule has 0 spiro atoms. The summed E-state index contributed by atoms with van der Waals surface area (Å²) in [5.74, 6) is 2.05. The van der Waals surface area contributed by atoms with Gasteiger partial charge in [0, 0.05) is 22.6 Å². The zero-order valence-corrected chi connectivity index (χ0v) is 17.8. The van der Waals surface area contributed by atoms with Gasteiger partial charge in [0.05, 0.1) is 24.4 Å². The van der Waals surface area contributed by atoms with Crippen LogP contribution in [0, 0.1) is 11.8 Å². The highest BCUT2D eigenvalue weighted by Crippen LogP contribution is 2.55. The second-order valence-electron chi connectivity index (χ2n) is 7.42. The van der Waals surface area contributed by atoms with E-state index in [1.807, 2.05) is 12.5 Å². The van der Waals surface area contributed by atoms with E-state index >= 15 is 0 Å². The lowest BCUT2D eigenvalue weighted by atomic mass is 9.84. The molecule has 1 saturated carbocycles. The van der Waals surface area contributed by atoms with Gasteiger partial charge in [-0.15, -0.1) is 0 Å². The number of nitrogens with zero attached hydrogens (tertiary/aromatic N) is 2. The first-order chi connectivity index (χ1) is 12.1. The Morgan fingerprint density at radius 3 is 2.76 bits per heavy atom. The summed E-state index contributed by atoms with van der Waals surface area (Å²) in [6.07, 6.45) is 18.5. The molecule has 3 atom stereocenters. The molecule has 25 heavy (non-hydrogen) atoms. The number of hydrogen-bond acceptors (Lipinski definition) is 2. The Morgan fingerprint density at radius 2 is 2.16 bits per heavy atom. The van der Waals surface area contributed by atoms with Crippen LogP contribution < -0.4 is 0 Å². The number of ether oxygens (including phenoxy) is 1. The molecule has 2 aliphatic rings. The fourth-order valence-corrected chi connectivity index (χ4v) is 7.05. The highest BCUT2D eigenvalue weighted by molar-refractivity contribution is 9.14. The van der Waals surface area contributed by atoms with E-state index in [0.717, 1.165) is 13.0 Å². The van der Waals surface area contributed by atoms with Gasteiger partial charge in [-0.05, 0) is 52.1 Å². The summed E-state index contributed by atoms with van der Waals surface area (Å²) in [5, 5.41) is 2.77. The molecular weight excluding hydrogens is 396 g/mol. The predicted octanol–water partition coefficient (Wildman–Crippen LogP) is 6.12. The molecule has 1 fully saturated rings. The van der Waals surface area contributed by atoms with Gasteiger partial charge in [-0.2, -0.15) is 10.9 Å². The van der Waals surface area contributed by atoms with E-state index in [2.05, 4.69) is 63.1 Å². The molecule has 1 radical (unpaired) electrons. The van der Waals surface area contributed by atoms with Crippen LogP contribution in [0.25, 0.3) is 0 Å². The van der Waals surface area contributed by atoms with Crippen LogP contribution in [0.1, 0.15) is 57.7 Å². The van der Waals surface area contributed by atoms with E-state index in [4.69, 9.17) is 4.74 Å². The van der Waals surface area contributed by atoms with Gasteiger partial charge in [0.25, 0.3) is 0 Å². The number of allylic oxidation sites excluding steroid dienone is 2. The third-order valence-electron chi connectivity index (χ3n) is 5.12. The van der Waals surface area contributed by atoms with Gasteiger partial charge < -0.3 is 9.30 Å². The molecule has 5 heteroatoms. The van der Waals surface area contributed by atoms with Crippen molar-refractivity contribution in [2.45, 2.75) is 63.9 Å². The standard InChI is InChI=1S/C20H30BrN2OS/c1-16(2)14-24-18(17-7-4-3-5-8-17)13-20(23-11-10-22-15-23)25-12-6-9-19(25)21/h6,9-12,15,17-18,20,25H,3-5,7-8,13-14H2,1-2H3. The molecule has 0 amide bonds. The maximum absolute atomic E-state index is 6.45. The summed E-state index contributed by atoms with van der Waals surface area (Å²) >= 11 is 3.79. The van der Waals surface area contributed by atoms with Crippen LogP contribution in [0.3, 0.4) is 0 Å². The summed E-state index contributed by atoms with van der Waals surface area (Å²) in [6.45, 7) is 5.10. The molecule has 1 aliphatic heterocycles. The van der Waals surface area contributed by atoms with E-state index in [1.165, 1.54) is 41.8 Å². The molecule has 0 saturated heterocycles. The van der Waals surface area contributed by atoms with E-state index in [-0.39, 0.29) is 10.9 Å². The number of rotatable bonds is 8. The maximum Gasteiger partial charge on any atom is 0.0955 e. The summed E-state index contributed by atoms with van der Waals surface area (Å²) < 4.78 is 10.1. The molecule has 3 rings (SSSR count). The molecule has 139 valence electrons. The largest absolute Gasteiger partial charge is 0.377 e. The van der Waals surface area contributed by atoms with Gasteiger partial charge >= 0.3 is 0 Å². The molecule has 2 heterocycles. The lowest BCUT2D eigenvalue weighted by Crippen LogP contribution is -2.30. The molecule has 3 nitrogen and oxygen atoms in total. The fourth-order valence-electron chi connectivity index (χ4n) is 3.82. The van der Waals surface area contributed by atoms with Gasteiger partial charge in [0.2, 0.25) is 0 Å². The van der Waals surface area contributed by atoms with Gasteiger partial charge in [-0.1, -0.05) is 39.2 Å².